The molecule has 0 saturated carbocycles. The lowest BCUT2D eigenvalue weighted by atomic mass is 9.96. The minimum Gasteiger partial charge on any atom is -0.494 e. The van der Waals surface area contributed by atoms with Crippen LogP contribution in [0.4, 0.5) is 5.82 Å². The molecule has 1 aliphatic heterocycles. The third-order valence-corrected chi connectivity index (χ3v) is 4.99. The lowest BCUT2D eigenvalue weighted by Gasteiger charge is -2.32. The monoisotopic (exact) mass is 381 g/mol. The van der Waals surface area contributed by atoms with Gasteiger partial charge in [-0.1, -0.05) is 18.2 Å². The van der Waals surface area contributed by atoms with E-state index in [9.17, 15) is 9.59 Å². The number of ether oxygens (including phenoxy) is 1. The van der Waals surface area contributed by atoms with Crippen LogP contribution in [0.15, 0.2) is 42.6 Å². The number of pyridine rings is 1. The molecular formula is C22H27N3O3. The van der Waals surface area contributed by atoms with E-state index in [-0.39, 0.29) is 17.7 Å². The maximum atomic E-state index is 12.7. The molecule has 3 rings (SSSR count). The van der Waals surface area contributed by atoms with E-state index in [0.29, 0.717) is 31.9 Å². The molecule has 2 aromatic rings. The van der Waals surface area contributed by atoms with E-state index in [2.05, 4.69) is 10.3 Å². The lowest BCUT2D eigenvalue weighted by Crippen LogP contribution is -2.44. The molecule has 28 heavy (non-hydrogen) atoms. The van der Waals surface area contributed by atoms with Crippen molar-refractivity contribution in [2.75, 3.05) is 25.0 Å². The van der Waals surface area contributed by atoms with Gasteiger partial charge in [-0.15, -0.1) is 0 Å². The summed E-state index contributed by atoms with van der Waals surface area (Å²) in [6.45, 7) is 5.62. The van der Waals surface area contributed by atoms with Crippen molar-refractivity contribution < 1.29 is 14.3 Å². The molecule has 0 bridgehead atoms. The van der Waals surface area contributed by atoms with E-state index in [1.807, 2.05) is 50.2 Å². The van der Waals surface area contributed by atoms with Crippen molar-refractivity contribution in [1.82, 2.24) is 9.88 Å². The van der Waals surface area contributed by atoms with E-state index in [4.69, 9.17) is 4.74 Å². The molecule has 0 aliphatic carbocycles. The van der Waals surface area contributed by atoms with Gasteiger partial charge in [-0.25, -0.2) is 4.98 Å². The van der Waals surface area contributed by atoms with Crippen LogP contribution in [0.1, 0.15) is 30.9 Å². The summed E-state index contributed by atoms with van der Waals surface area (Å²) in [6.07, 6.45) is 3.61. The highest BCUT2D eigenvalue weighted by atomic mass is 16.5. The average Bonchev–Trinajstić information content (AvgIpc) is 2.71. The number of carbonyl (C=O) groups excluding carboxylic acids is 2. The first kappa shape index (κ1) is 19.9. The SMILES string of the molecule is CCOc1ccc(CC(=O)N2CCCC(C(=O)Nc3ncccc3C)C2)cc1. The standard InChI is InChI=1S/C22H27N3O3/c1-3-28-19-10-8-17(9-11-19)14-20(26)25-13-5-7-18(15-25)22(27)24-21-16(2)6-4-12-23-21/h4,6,8-12,18H,3,5,7,13-15H2,1-2H3,(H,23,24,27). The molecule has 1 aliphatic rings. The van der Waals surface area contributed by atoms with Gasteiger partial charge in [0.15, 0.2) is 0 Å². The lowest BCUT2D eigenvalue weighted by molar-refractivity contribution is -0.133. The third kappa shape index (κ3) is 5.09. The molecule has 0 spiro atoms. The van der Waals surface area contributed by atoms with Crippen molar-refractivity contribution in [1.29, 1.82) is 0 Å². The van der Waals surface area contributed by atoms with E-state index < -0.39 is 0 Å². The number of hydrogen-bond donors (Lipinski definition) is 1. The topological polar surface area (TPSA) is 71.5 Å². The fraction of sp³-hybridized carbons (Fsp3) is 0.409. The van der Waals surface area contributed by atoms with Gasteiger partial charge in [0.1, 0.15) is 11.6 Å². The predicted octanol–water partition coefficient (Wildman–Crippen LogP) is 3.21. The van der Waals surface area contributed by atoms with Crippen LogP contribution in [-0.2, 0) is 16.0 Å². The Hall–Kier alpha value is -2.89. The van der Waals surface area contributed by atoms with E-state index in [0.717, 1.165) is 29.7 Å². The van der Waals surface area contributed by atoms with Gasteiger partial charge in [0.05, 0.1) is 18.9 Å². The van der Waals surface area contributed by atoms with Crippen LogP contribution in [0.25, 0.3) is 0 Å². The highest BCUT2D eigenvalue weighted by Gasteiger charge is 2.28. The predicted molar refractivity (Wildman–Crippen MR) is 108 cm³/mol. The first-order valence-corrected chi connectivity index (χ1v) is 9.79. The number of anilines is 1. The number of likely N-dealkylation sites (tertiary alicyclic amines) is 1. The second kappa shape index (κ2) is 9.35. The Balaban J connectivity index is 1.57. The molecule has 1 saturated heterocycles. The maximum absolute atomic E-state index is 12.7. The number of nitrogens with one attached hydrogen (secondary N) is 1. The number of hydrogen-bond acceptors (Lipinski definition) is 4. The molecule has 2 amide bonds. The summed E-state index contributed by atoms with van der Waals surface area (Å²) in [4.78, 5) is 31.4. The minimum atomic E-state index is -0.209. The molecule has 1 aromatic carbocycles. The Morgan fingerprint density at radius 3 is 2.75 bits per heavy atom. The summed E-state index contributed by atoms with van der Waals surface area (Å²) in [6, 6.07) is 11.4. The molecule has 1 aromatic heterocycles. The minimum absolute atomic E-state index is 0.0516. The van der Waals surface area contributed by atoms with Crippen molar-refractivity contribution >= 4 is 17.6 Å². The average molecular weight is 381 g/mol. The molecule has 6 heteroatoms. The second-order valence-corrected chi connectivity index (χ2v) is 7.09. The molecule has 0 radical (unpaired) electrons. The number of piperidine rings is 1. The van der Waals surface area contributed by atoms with Crippen LogP contribution < -0.4 is 10.1 Å². The Morgan fingerprint density at radius 1 is 1.25 bits per heavy atom. The summed E-state index contributed by atoms with van der Waals surface area (Å²) >= 11 is 0. The largest absolute Gasteiger partial charge is 0.494 e. The van der Waals surface area contributed by atoms with Gasteiger partial charge in [-0.3, -0.25) is 9.59 Å². The summed E-state index contributed by atoms with van der Waals surface area (Å²) in [5.41, 5.74) is 1.87. The van der Waals surface area contributed by atoms with Gasteiger partial charge in [0.25, 0.3) is 0 Å². The summed E-state index contributed by atoms with van der Waals surface area (Å²) in [7, 11) is 0. The molecule has 1 unspecified atom stereocenters. The zero-order valence-corrected chi connectivity index (χ0v) is 16.5. The maximum Gasteiger partial charge on any atom is 0.230 e. The number of nitrogens with zero attached hydrogens (tertiary/aromatic N) is 2. The van der Waals surface area contributed by atoms with Crippen LogP contribution in [-0.4, -0.2) is 41.4 Å². The van der Waals surface area contributed by atoms with Gasteiger partial charge in [-0.05, 0) is 56.0 Å². The van der Waals surface area contributed by atoms with Crippen LogP contribution in [0.2, 0.25) is 0 Å². The highest BCUT2D eigenvalue weighted by Crippen LogP contribution is 2.21. The van der Waals surface area contributed by atoms with Crippen LogP contribution in [0, 0.1) is 12.8 Å². The Kier molecular flexibility index (Phi) is 6.63. The zero-order chi connectivity index (χ0) is 19.9. The zero-order valence-electron chi connectivity index (χ0n) is 16.5. The van der Waals surface area contributed by atoms with Gasteiger partial charge in [0.2, 0.25) is 11.8 Å². The van der Waals surface area contributed by atoms with Crippen molar-refractivity contribution in [3.8, 4) is 5.75 Å². The number of aryl methyl sites for hydroxylation is 1. The van der Waals surface area contributed by atoms with Crippen LogP contribution in [0.3, 0.4) is 0 Å². The normalized spacial score (nSPS) is 16.5. The number of rotatable bonds is 6. The number of carbonyl (C=O) groups is 2. The Labute approximate surface area is 165 Å². The molecule has 1 fully saturated rings. The third-order valence-electron chi connectivity index (χ3n) is 4.99. The molecule has 148 valence electrons. The highest BCUT2D eigenvalue weighted by molar-refractivity contribution is 5.93. The number of amides is 2. The molecule has 2 heterocycles. The fourth-order valence-electron chi connectivity index (χ4n) is 3.41. The van der Waals surface area contributed by atoms with E-state index in [1.165, 1.54) is 0 Å². The van der Waals surface area contributed by atoms with Gasteiger partial charge in [0, 0.05) is 19.3 Å². The van der Waals surface area contributed by atoms with Gasteiger partial charge in [-0.2, -0.15) is 0 Å². The summed E-state index contributed by atoms with van der Waals surface area (Å²) in [5.74, 6) is 1.17. The first-order valence-electron chi connectivity index (χ1n) is 9.79. The van der Waals surface area contributed by atoms with E-state index in [1.54, 1.807) is 11.1 Å². The van der Waals surface area contributed by atoms with Crippen LogP contribution >= 0.6 is 0 Å². The first-order chi connectivity index (χ1) is 13.6. The Morgan fingerprint density at radius 2 is 2.04 bits per heavy atom. The number of benzene rings is 1. The van der Waals surface area contributed by atoms with Crippen molar-refractivity contribution in [3.05, 3.63) is 53.7 Å². The Bertz CT molecular complexity index is 820. The molecule has 6 nitrogen and oxygen atoms in total. The van der Waals surface area contributed by atoms with Gasteiger partial charge < -0.3 is 15.0 Å². The van der Waals surface area contributed by atoms with E-state index >= 15 is 0 Å². The van der Waals surface area contributed by atoms with Crippen molar-refractivity contribution in [2.45, 2.75) is 33.1 Å². The van der Waals surface area contributed by atoms with Crippen molar-refractivity contribution in [3.63, 3.8) is 0 Å². The smallest absolute Gasteiger partial charge is 0.230 e. The molecular weight excluding hydrogens is 354 g/mol. The number of aromatic nitrogens is 1. The summed E-state index contributed by atoms with van der Waals surface area (Å²) < 4.78 is 5.43. The second-order valence-electron chi connectivity index (χ2n) is 7.09. The van der Waals surface area contributed by atoms with Crippen molar-refractivity contribution in [2.24, 2.45) is 5.92 Å². The quantitative estimate of drug-likeness (QED) is 0.834. The van der Waals surface area contributed by atoms with Gasteiger partial charge >= 0.3 is 0 Å². The fourth-order valence-corrected chi connectivity index (χ4v) is 3.41. The van der Waals surface area contributed by atoms with Crippen LogP contribution in [0.5, 0.6) is 5.75 Å². The molecule has 1 N–H and O–H groups in total. The molecule has 1 atom stereocenters. The summed E-state index contributed by atoms with van der Waals surface area (Å²) in [5, 5.41) is 2.91.